The highest BCUT2D eigenvalue weighted by molar-refractivity contribution is 7.14. The number of nitro benzene ring substituents is 1. The molecule has 2 aromatic rings. The molecule has 10 heteroatoms. The molecule has 1 N–H and O–H groups in total. The van der Waals surface area contributed by atoms with E-state index in [1.165, 1.54) is 12.1 Å². The number of non-ortho nitro benzene ring substituents is 1. The molecule has 0 saturated carbocycles. The summed E-state index contributed by atoms with van der Waals surface area (Å²) >= 11 is 0.636. The Morgan fingerprint density at radius 1 is 1.29 bits per heavy atom. The number of nitrogens with one attached hydrogen (secondary N) is 1. The Labute approximate surface area is 119 Å². The second-order valence-corrected chi connectivity index (χ2v) is 4.65. The number of anilines is 1. The zero-order valence-corrected chi connectivity index (χ0v) is 10.9. The van der Waals surface area contributed by atoms with Gasteiger partial charge in [-0.25, -0.2) is 4.98 Å². The van der Waals surface area contributed by atoms with Crippen LogP contribution in [0.4, 0.5) is 24.0 Å². The maximum absolute atomic E-state index is 12.3. The number of nitrogens with zero attached hydrogens (tertiary/aromatic N) is 2. The van der Waals surface area contributed by atoms with Gasteiger partial charge in [-0.15, -0.1) is 11.3 Å². The molecule has 0 fully saturated rings. The number of aromatic nitrogens is 1. The smallest absolute Gasteiger partial charge is 0.298 e. The van der Waals surface area contributed by atoms with E-state index in [1.54, 1.807) is 0 Å². The van der Waals surface area contributed by atoms with Gasteiger partial charge in [-0.05, 0) is 12.1 Å². The van der Waals surface area contributed by atoms with Crippen LogP contribution in [0.25, 0.3) is 0 Å². The molecule has 1 aromatic carbocycles. The molecule has 0 spiro atoms. The second-order valence-electron chi connectivity index (χ2n) is 3.79. The van der Waals surface area contributed by atoms with Gasteiger partial charge >= 0.3 is 6.18 Å². The van der Waals surface area contributed by atoms with Crippen molar-refractivity contribution >= 4 is 28.1 Å². The molecule has 0 atom stereocenters. The number of benzene rings is 1. The van der Waals surface area contributed by atoms with Gasteiger partial charge < -0.3 is 0 Å². The van der Waals surface area contributed by atoms with Gasteiger partial charge in [0.05, 0.1) is 4.92 Å². The topological polar surface area (TPSA) is 85.1 Å². The average molecular weight is 317 g/mol. The Bertz CT molecular complexity index is 682. The van der Waals surface area contributed by atoms with Crippen molar-refractivity contribution in [3.05, 3.63) is 51.0 Å². The number of rotatable bonds is 3. The van der Waals surface area contributed by atoms with Crippen LogP contribution >= 0.6 is 11.3 Å². The number of amides is 1. The first kappa shape index (κ1) is 14.9. The Hall–Kier alpha value is -2.49. The first-order chi connectivity index (χ1) is 9.77. The number of nitro groups is 1. The minimum absolute atomic E-state index is 0.0735. The van der Waals surface area contributed by atoms with E-state index >= 15 is 0 Å². The van der Waals surface area contributed by atoms with Crippen molar-refractivity contribution in [2.75, 3.05) is 5.32 Å². The molecule has 2 rings (SSSR count). The lowest BCUT2D eigenvalue weighted by Gasteiger charge is -2.02. The van der Waals surface area contributed by atoms with Gasteiger partial charge in [0.1, 0.15) is 0 Å². The van der Waals surface area contributed by atoms with Gasteiger partial charge in [0.2, 0.25) is 0 Å². The highest BCUT2D eigenvalue weighted by atomic mass is 32.1. The van der Waals surface area contributed by atoms with E-state index in [-0.39, 0.29) is 16.4 Å². The Balaban J connectivity index is 2.11. The molecule has 6 nitrogen and oxygen atoms in total. The van der Waals surface area contributed by atoms with Crippen molar-refractivity contribution in [3.63, 3.8) is 0 Å². The van der Waals surface area contributed by atoms with Crippen molar-refractivity contribution in [1.29, 1.82) is 0 Å². The molecule has 110 valence electrons. The molecule has 0 saturated heterocycles. The summed E-state index contributed by atoms with van der Waals surface area (Å²) in [5.41, 5.74) is -1.21. The van der Waals surface area contributed by atoms with E-state index in [1.807, 2.05) is 0 Å². The number of hydrogen-bond acceptors (Lipinski definition) is 5. The summed E-state index contributed by atoms with van der Waals surface area (Å²) in [6.07, 6.45) is -4.58. The summed E-state index contributed by atoms with van der Waals surface area (Å²) in [5, 5.41) is 13.2. The van der Waals surface area contributed by atoms with Gasteiger partial charge in [0.15, 0.2) is 10.8 Å². The summed E-state index contributed by atoms with van der Waals surface area (Å²) in [6.45, 7) is 0. The van der Waals surface area contributed by atoms with E-state index in [4.69, 9.17) is 0 Å². The number of halogens is 3. The lowest BCUT2D eigenvalue weighted by Crippen LogP contribution is -2.12. The lowest BCUT2D eigenvalue weighted by atomic mass is 10.2. The third-order valence-corrected chi connectivity index (χ3v) is 3.11. The Kier molecular flexibility index (Phi) is 3.89. The number of thiazole rings is 1. The monoisotopic (exact) mass is 317 g/mol. The van der Waals surface area contributed by atoms with Crippen LogP contribution in [0.1, 0.15) is 16.1 Å². The first-order valence-corrected chi connectivity index (χ1v) is 6.24. The molecule has 21 heavy (non-hydrogen) atoms. The third kappa shape index (κ3) is 3.54. The number of hydrogen-bond donors (Lipinski definition) is 1. The second kappa shape index (κ2) is 5.48. The van der Waals surface area contributed by atoms with Gasteiger partial charge in [0.25, 0.3) is 11.6 Å². The minimum Gasteiger partial charge on any atom is -0.298 e. The van der Waals surface area contributed by atoms with Gasteiger partial charge in [-0.2, -0.15) is 13.2 Å². The maximum Gasteiger partial charge on any atom is 0.434 e. The van der Waals surface area contributed by atoms with Crippen LogP contribution in [-0.4, -0.2) is 15.8 Å². The van der Waals surface area contributed by atoms with Crippen LogP contribution in [0.15, 0.2) is 29.6 Å². The third-order valence-electron chi connectivity index (χ3n) is 2.36. The largest absolute Gasteiger partial charge is 0.434 e. The molecule has 0 aliphatic carbocycles. The standard InChI is InChI=1S/C11H6F3N3O3S/c12-11(13,14)8-5-21-10(15-8)16-9(18)6-1-3-7(4-2-6)17(19)20/h1-5H,(H,15,16,18). The first-order valence-electron chi connectivity index (χ1n) is 5.36. The predicted molar refractivity (Wildman–Crippen MR) is 68.2 cm³/mol. The number of carbonyl (C=O) groups is 1. The maximum atomic E-state index is 12.3. The van der Waals surface area contributed by atoms with Crippen molar-refractivity contribution in [1.82, 2.24) is 4.98 Å². The van der Waals surface area contributed by atoms with Crippen LogP contribution in [0.3, 0.4) is 0 Å². The molecule has 0 aliphatic heterocycles. The molecular weight excluding hydrogens is 311 g/mol. The fourth-order valence-electron chi connectivity index (χ4n) is 1.37. The summed E-state index contributed by atoms with van der Waals surface area (Å²) in [6, 6.07) is 4.65. The average Bonchev–Trinajstić information content (AvgIpc) is 2.87. The normalized spacial score (nSPS) is 11.2. The van der Waals surface area contributed by atoms with Crippen molar-refractivity contribution in [3.8, 4) is 0 Å². The minimum atomic E-state index is -4.58. The fourth-order valence-corrected chi connectivity index (χ4v) is 2.08. The molecular formula is C11H6F3N3O3S. The molecule has 1 heterocycles. The lowest BCUT2D eigenvalue weighted by molar-refractivity contribution is -0.384. The van der Waals surface area contributed by atoms with Crippen LogP contribution in [0, 0.1) is 10.1 Å². The van der Waals surface area contributed by atoms with E-state index in [9.17, 15) is 28.1 Å². The fraction of sp³-hybridized carbons (Fsp3) is 0.0909. The summed E-state index contributed by atoms with van der Waals surface area (Å²) in [7, 11) is 0. The van der Waals surface area contributed by atoms with Crippen LogP contribution < -0.4 is 5.32 Å². The van der Waals surface area contributed by atoms with Crippen molar-refractivity contribution < 1.29 is 22.9 Å². The molecule has 0 unspecified atom stereocenters. The predicted octanol–water partition coefficient (Wildman–Crippen LogP) is 3.32. The van der Waals surface area contributed by atoms with E-state index in [0.717, 1.165) is 17.5 Å². The van der Waals surface area contributed by atoms with Crippen LogP contribution in [-0.2, 0) is 6.18 Å². The van der Waals surface area contributed by atoms with E-state index in [0.29, 0.717) is 11.3 Å². The highest BCUT2D eigenvalue weighted by Crippen LogP contribution is 2.31. The molecule has 0 bridgehead atoms. The zero-order valence-electron chi connectivity index (χ0n) is 10.0. The van der Waals surface area contributed by atoms with Gasteiger partial charge in [-0.1, -0.05) is 0 Å². The summed E-state index contributed by atoms with van der Waals surface area (Å²) in [4.78, 5) is 24.8. The van der Waals surface area contributed by atoms with Crippen molar-refractivity contribution in [2.24, 2.45) is 0 Å². The van der Waals surface area contributed by atoms with E-state index < -0.39 is 22.7 Å². The highest BCUT2D eigenvalue weighted by Gasteiger charge is 2.33. The summed E-state index contributed by atoms with van der Waals surface area (Å²) in [5.74, 6) is -0.701. The number of alkyl halides is 3. The summed E-state index contributed by atoms with van der Waals surface area (Å²) < 4.78 is 37.0. The van der Waals surface area contributed by atoms with Crippen LogP contribution in [0.5, 0.6) is 0 Å². The quantitative estimate of drug-likeness (QED) is 0.695. The SMILES string of the molecule is O=C(Nc1nc(C(F)(F)F)cs1)c1ccc([N+](=O)[O-])cc1. The van der Waals surface area contributed by atoms with Crippen LogP contribution in [0.2, 0.25) is 0 Å². The zero-order chi connectivity index (χ0) is 15.6. The molecule has 0 aliphatic rings. The van der Waals surface area contributed by atoms with Gasteiger partial charge in [-0.3, -0.25) is 20.2 Å². The molecule has 1 aromatic heterocycles. The number of carbonyl (C=O) groups excluding carboxylic acids is 1. The van der Waals surface area contributed by atoms with E-state index in [2.05, 4.69) is 10.3 Å². The van der Waals surface area contributed by atoms with Crippen molar-refractivity contribution in [2.45, 2.75) is 6.18 Å². The Morgan fingerprint density at radius 3 is 2.38 bits per heavy atom. The molecule has 1 amide bonds. The Morgan fingerprint density at radius 2 is 1.90 bits per heavy atom. The molecule has 0 radical (unpaired) electrons. The van der Waals surface area contributed by atoms with Gasteiger partial charge in [0, 0.05) is 23.1 Å².